The molecule has 0 unspecified atom stereocenters. The number of carbonyl (C=O) groups excluding carboxylic acids is 1. The number of benzene rings is 1. The molecule has 0 radical (unpaired) electrons. The molecular formula is C32H47N5O3S. The van der Waals surface area contributed by atoms with Crippen molar-refractivity contribution in [2.24, 2.45) is 5.92 Å². The fraction of sp³-hybridized carbons (Fsp3) is 0.656. The monoisotopic (exact) mass is 581 g/mol. The third-order valence-corrected chi connectivity index (χ3v) is 11.4. The van der Waals surface area contributed by atoms with Crippen LogP contribution in [0.2, 0.25) is 0 Å². The predicted molar refractivity (Wildman–Crippen MR) is 162 cm³/mol. The molecule has 1 aromatic heterocycles. The summed E-state index contributed by atoms with van der Waals surface area (Å²) >= 11 is 0. The molecule has 3 aliphatic rings. The van der Waals surface area contributed by atoms with Gasteiger partial charge in [-0.2, -0.15) is 0 Å². The summed E-state index contributed by atoms with van der Waals surface area (Å²) in [6.07, 6.45) is 13.5. The Kier molecular flexibility index (Phi) is 9.77. The first-order chi connectivity index (χ1) is 19.7. The van der Waals surface area contributed by atoms with Crippen LogP contribution in [0.4, 0.5) is 0 Å². The molecule has 3 heterocycles. The molecule has 2 atom stereocenters. The van der Waals surface area contributed by atoms with Gasteiger partial charge in [0.1, 0.15) is 12.0 Å². The van der Waals surface area contributed by atoms with Crippen molar-refractivity contribution >= 4 is 15.9 Å². The first-order valence-corrected chi connectivity index (χ1v) is 17.4. The number of rotatable bonds is 8. The van der Waals surface area contributed by atoms with Crippen LogP contribution in [0.1, 0.15) is 91.0 Å². The van der Waals surface area contributed by atoms with E-state index in [9.17, 15) is 13.2 Å². The van der Waals surface area contributed by atoms with Crippen LogP contribution in [0.5, 0.6) is 0 Å². The fourth-order valence-electron chi connectivity index (χ4n) is 7.35. The normalized spacial score (nSPS) is 23.7. The third-order valence-electron chi connectivity index (χ3n) is 10.0. The SMILES string of the molecule is Cc1c(CC[C@@H]2CCC[C@@H](c3ccccc3)C2)ncnc1C(=O)N1CCC(N2CCC(N(C)S(C)(=O)=O)CC2)CC1. The molecule has 2 aromatic rings. The number of carbonyl (C=O) groups is 1. The second-order valence-electron chi connectivity index (χ2n) is 12.5. The van der Waals surface area contributed by atoms with E-state index in [2.05, 4.69) is 45.2 Å². The minimum atomic E-state index is -3.16. The summed E-state index contributed by atoms with van der Waals surface area (Å²) < 4.78 is 25.4. The van der Waals surface area contributed by atoms with Crippen molar-refractivity contribution in [3.63, 3.8) is 0 Å². The number of sulfonamides is 1. The van der Waals surface area contributed by atoms with E-state index in [4.69, 9.17) is 0 Å². The Morgan fingerprint density at radius 2 is 1.68 bits per heavy atom. The van der Waals surface area contributed by atoms with Crippen LogP contribution in [-0.4, -0.2) is 90.0 Å². The number of hydrogen-bond acceptors (Lipinski definition) is 6. The Hall–Kier alpha value is -2.36. The van der Waals surface area contributed by atoms with E-state index in [-0.39, 0.29) is 11.9 Å². The fourth-order valence-corrected chi connectivity index (χ4v) is 8.10. The number of aromatic nitrogens is 2. The third kappa shape index (κ3) is 7.35. The zero-order valence-corrected chi connectivity index (χ0v) is 25.9. The summed E-state index contributed by atoms with van der Waals surface area (Å²) in [6.45, 7) is 5.29. The second kappa shape index (κ2) is 13.3. The van der Waals surface area contributed by atoms with Gasteiger partial charge in [0.2, 0.25) is 10.0 Å². The van der Waals surface area contributed by atoms with Crippen molar-refractivity contribution < 1.29 is 13.2 Å². The van der Waals surface area contributed by atoms with Crippen molar-refractivity contribution in [2.75, 3.05) is 39.5 Å². The number of piperidine rings is 2. The van der Waals surface area contributed by atoms with Gasteiger partial charge in [0, 0.05) is 43.5 Å². The summed E-state index contributed by atoms with van der Waals surface area (Å²) in [5.74, 6) is 1.37. The van der Waals surface area contributed by atoms with Crippen LogP contribution in [0.25, 0.3) is 0 Å². The van der Waals surface area contributed by atoms with Crippen LogP contribution >= 0.6 is 0 Å². The zero-order chi connectivity index (χ0) is 29.0. The molecule has 5 rings (SSSR count). The van der Waals surface area contributed by atoms with Crippen molar-refractivity contribution in [3.8, 4) is 0 Å². The van der Waals surface area contributed by atoms with Crippen molar-refractivity contribution in [1.82, 2.24) is 24.1 Å². The summed E-state index contributed by atoms with van der Waals surface area (Å²) in [5.41, 5.74) is 3.98. The van der Waals surface area contributed by atoms with Crippen LogP contribution in [0.15, 0.2) is 36.7 Å². The van der Waals surface area contributed by atoms with E-state index in [1.54, 1.807) is 13.4 Å². The molecule has 1 aliphatic carbocycles. The number of likely N-dealkylation sites (tertiary alicyclic amines) is 2. The maximum Gasteiger partial charge on any atom is 0.272 e. The van der Waals surface area contributed by atoms with Gasteiger partial charge in [-0.15, -0.1) is 0 Å². The first-order valence-electron chi connectivity index (χ1n) is 15.5. The largest absolute Gasteiger partial charge is 0.337 e. The molecular weight excluding hydrogens is 534 g/mol. The summed E-state index contributed by atoms with van der Waals surface area (Å²) in [6, 6.07) is 11.5. The van der Waals surface area contributed by atoms with Crippen LogP contribution < -0.4 is 0 Å². The molecule has 224 valence electrons. The van der Waals surface area contributed by atoms with Crippen molar-refractivity contribution in [3.05, 3.63) is 59.2 Å². The molecule has 1 amide bonds. The molecule has 41 heavy (non-hydrogen) atoms. The summed E-state index contributed by atoms with van der Waals surface area (Å²) in [7, 11) is -1.46. The molecule has 0 spiro atoms. The van der Waals surface area contributed by atoms with Gasteiger partial charge in [-0.25, -0.2) is 22.7 Å². The van der Waals surface area contributed by atoms with E-state index >= 15 is 0 Å². The second-order valence-corrected chi connectivity index (χ2v) is 14.6. The molecule has 2 saturated heterocycles. The van der Waals surface area contributed by atoms with Gasteiger partial charge in [0.05, 0.1) is 6.26 Å². The molecule has 1 aromatic carbocycles. The van der Waals surface area contributed by atoms with Crippen molar-refractivity contribution in [2.45, 2.75) is 89.1 Å². The van der Waals surface area contributed by atoms with Gasteiger partial charge in [-0.05, 0) is 88.8 Å². The highest BCUT2D eigenvalue weighted by Crippen LogP contribution is 2.38. The summed E-state index contributed by atoms with van der Waals surface area (Å²) in [4.78, 5) is 27.0. The van der Waals surface area contributed by atoms with Crippen LogP contribution in [-0.2, 0) is 16.4 Å². The average Bonchev–Trinajstić information content (AvgIpc) is 3.00. The highest BCUT2D eigenvalue weighted by molar-refractivity contribution is 7.88. The minimum absolute atomic E-state index is 0.0277. The predicted octanol–water partition coefficient (Wildman–Crippen LogP) is 4.65. The quantitative estimate of drug-likeness (QED) is 0.451. The maximum absolute atomic E-state index is 13.5. The van der Waals surface area contributed by atoms with E-state index in [0.717, 1.165) is 76.0 Å². The Balaban J connectivity index is 1.11. The number of aryl methyl sites for hydroxylation is 1. The Labute approximate surface area is 246 Å². The lowest BCUT2D eigenvalue weighted by atomic mass is 9.76. The lowest BCUT2D eigenvalue weighted by molar-refractivity contribution is 0.0542. The molecule has 1 saturated carbocycles. The Morgan fingerprint density at radius 3 is 2.37 bits per heavy atom. The minimum Gasteiger partial charge on any atom is -0.337 e. The first kappa shape index (κ1) is 30.1. The Bertz CT molecular complexity index is 1270. The number of hydrogen-bond donors (Lipinski definition) is 0. The van der Waals surface area contributed by atoms with Crippen LogP contribution in [0.3, 0.4) is 0 Å². The zero-order valence-electron chi connectivity index (χ0n) is 25.0. The highest BCUT2D eigenvalue weighted by atomic mass is 32.2. The van der Waals surface area contributed by atoms with E-state index in [1.165, 1.54) is 41.8 Å². The smallest absolute Gasteiger partial charge is 0.272 e. The van der Waals surface area contributed by atoms with Gasteiger partial charge >= 0.3 is 0 Å². The molecule has 0 N–H and O–H groups in total. The molecule has 3 fully saturated rings. The van der Waals surface area contributed by atoms with Gasteiger partial charge in [0.15, 0.2) is 0 Å². The highest BCUT2D eigenvalue weighted by Gasteiger charge is 2.33. The van der Waals surface area contributed by atoms with Crippen molar-refractivity contribution in [1.29, 1.82) is 0 Å². The lowest BCUT2D eigenvalue weighted by Gasteiger charge is -2.43. The number of nitrogens with zero attached hydrogens (tertiary/aromatic N) is 5. The maximum atomic E-state index is 13.5. The lowest BCUT2D eigenvalue weighted by Crippen LogP contribution is -2.52. The molecule has 8 nitrogen and oxygen atoms in total. The van der Waals surface area contributed by atoms with Gasteiger partial charge in [-0.1, -0.05) is 43.2 Å². The van der Waals surface area contributed by atoms with E-state index in [1.807, 2.05) is 11.8 Å². The molecule has 9 heteroatoms. The average molecular weight is 582 g/mol. The standard InChI is InChI=1S/C32H47N5O3S/c1-24-30(13-12-25-8-7-11-27(22-25)26-9-5-4-6-10-26)33-23-34-31(24)32(38)37-20-16-29(17-21-37)36-18-14-28(15-19-36)35(2)41(3,39)40/h4-6,9-10,23,25,27-29H,7-8,11-22H2,1-3H3/t25-,27+/m0/s1. The van der Waals surface area contributed by atoms with Gasteiger partial charge in [-0.3, -0.25) is 4.79 Å². The van der Waals surface area contributed by atoms with E-state index < -0.39 is 10.0 Å². The van der Waals surface area contributed by atoms with Crippen LogP contribution in [0, 0.1) is 12.8 Å². The number of amides is 1. The molecule has 2 aliphatic heterocycles. The van der Waals surface area contributed by atoms with Gasteiger partial charge in [0.25, 0.3) is 5.91 Å². The Morgan fingerprint density at radius 1 is 0.976 bits per heavy atom. The van der Waals surface area contributed by atoms with Gasteiger partial charge < -0.3 is 9.80 Å². The summed E-state index contributed by atoms with van der Waals surface area (Å²) in [5, 5.41) is 0. The van der Waals surface area contributed by atoms with E-state index in [0.29, 0.717) is 23.6 Å². The topological polar surface area (TPSA) is 86.7 Å². The molecule has 0 bridgehead atoms.